The van der Waals surface area contributed by atoms with Crippen LogP contribution in [0.5, 0.6) is 0 Å². The van der Waals surface area contributed by atoms with Crippen molar-refractivity contribution in [2.24, 2.45) is 11.1 Å². The third kappa shape index (κ3) is 5.18. The smallest absolute Gasteiger partial charge is 0.274 e. The standard InChI is InChI=1S/C16H22N4O3S.ClH/c17-24(22,23)18-8-5-12-6-9-20(10-7-12)15-11-16(21)19-14-4-2-1-3-13(14)15;/h1-4,11-12,18H,5-10H2,(H,19,21)(H2,17,22,23);1H. The minimum absolute atomic E-state index is 0. The first-order chi connectivity index (χ1) is 11.4. The molecule has 0 aliphatic carbocycles. The number of benzene rings is 1. The Morgan fingerprint density at radius 1 is 1.24 bits per heavy atom. The van der Waals surface area contributed by atoms with Gasteiger partial charge < -0.3 is 9.88 Å². The number of halogens is 1. The molecule has 7 nitrogen and oxygen atoms in total. The number of hydrogen-bond donors (Lipinski definition) is 3. The maximum absolute atomic E-state index is 11.9. The number of nitrogens with two attached hydrogens (primary N) is 1. The van der Waals surface area contributed by atoms with E-state index in [-0.39, 0.29) is 18.0 Å². The van der Waals surface area contributed by atoms with Crippen LogP contribution < -0.4 is 20.3 Å². The van der Waals surface area contributed by atoms with Gasteiger partial charge in [-0.1, -0.05) is 18.2 Å². The summed E-state index contributed by atoms with van der Waals surface area (Å²) >= 11 is 0. The van der Waals surface area contributed by atoms with E-state index in [2.05, 4.69) is 14.6 Å². The highest BCUT2D eigenvalue weighted by Crippen LogP contribution is 2.29. The van der Waals surface area contributed by atoms with Crippen molar-refractivity contribution in [1.82, 2.24) is 9.71 Å². The van der Waals surface area contributed by atoms with Gasteiger partial charge >= 0.3 is 0 Å². The molecule has 1 saturated heterocycles. The van der Waals surface area contributed by atoms with Crippen molar-refractivity contribution in [3.8, 4) is 0 Å². The van der Waals surface area contributed by atoms with Crippen molar-refractivity contribution in [3.63, 3.8) is 0 Å². The fourth-order valence-corrected chi connectivity index (χ4v) is 3.72. The highest BCUT2D eigenvalue weighted by atomic mass is 35.5. The number of pyridine rings is 1. The van der Waals surface area contributed by atoms with E-state index in [0.29, 0.717) is 12.5 Å². The third-order valence-electron chi connectivity index (χ3n) is 4.54. The molecule has 138 valence electrons. The van der Waals surface area contributed by atoms with Crippen molar-refractivity contribution in [3.05, 3.63) is 40.7 Å². The predicted octanol–water partition coefficient (Wildman–Crippen LogP) is 1.35. The summed E-state index contributed by atoms with van der Waals surface area (Å²) in [6.45, 7) is 2.08. The first-order valence-electron chi connectivity index (χ1n) is 8.07. The molecule has 1 fully saturated rings. The molecule has 25 heavy (non-hydrogen) atoms. The Hall–Kier alpha value is -1.61. The SMILES string of the molecule is Cl.NS(=O)(=O)NCCC1CCN(c2cc(=O)[nH]c3ccccc23)CC1. The van der Waals surface area contributed by atoms with Gasteiger partial charge in [-0.25, -0.2) is 9.86 Å². The Bertz CT molecular complexity index is 876. The van der Waals surface area contributed by atoms with Gasteiger partial charge in [-0.2, -0.15) is 8.42 Å². The summed E-state index contributed by atoms with van der Waals surface area (Å²) in [5, 5.41) is 5.98. The van der Waals surface area contributed by atoms with Gasteiger partial charge in [-0.3, -0.25) is 4.79 Å². The van der Waals surface area contributed by atoms with Gasteiger partial charge in [0.1, 0.15) is 0 Å². The molecule has 0 unspecified atom stereocenters. The molecular formula is C16H23ClN4O3S. The summed E-state index contributed by atoms with van der Waals surface area (Å²) in [7, 11) is -3.61. The average Bonchev–Trinajstić information content (AvgIpc) is 2.53. The van der Waals surface area contributed by atoms with E-state index in [9.17, 15) is 13.2 Å². The number of aromatic amines is 1. The van der Waals surface area contributed by atoms with Crippen LogP contribution >= 0.6 is 12.4 Å². The van der Waals surface area contributed by atoms with Crippen LogP contribution in [0.15, 0.2) is 35.1 Å². The first-order valence-corrected chi connectivity index (χ1v) is 9.61. The van der Waals surface area contributed by atoms with Gasteiger partial charge in [0.15, 0.2) is 0 Å². The fourth-order valence-electron chi connectivity index (χ4n) is 3.32. The number of rotatable bonds is 5. The Balaban J connectivity index is 0.00000225. The van der Waals surface area contributed by atoms with Crippen molar-refractivity contribution >= 4 is 39.2 Å². The Kier molecular flexibility index (Phi) is 6.45. The molecule has 0 saturated carbocycles. The van der Waals surface area contributed by atoms with Crippen LogP contribution in [0, 0.1) is 5.92 Å². The average molecular weight is 387 g/mol. The zero-order chi connectivity index (χ0) is 17.2. The lowest BCUT2D eigenvalue weighted by molar-refractivity contribution is 0.382. The number of para-hydroxylation sites is 1. The fraction of sp³-hybridized carbons (Fsp3) is 0.438. The second-order valence-corrected chi connectivity index (χ2v) is 7.60. The van der Waals surface area contributed by atoms with Crippen LogP contribution in [0.3, 0.4) is 0 Å². The number of piperidine rings is 1. The number of nitrogens with one attached hydrogen (secondary N) is 2. The largest absolute Gasteiger partial charge is 0.371 e. The van der Waals surface area contributed by atoms with Crippen LogP contribution in [0.4, 0.5) is 5.69 Å². The van der Waals surface area contributed by atoms with Gasteiger partial charge in [0.2, 0.25) is 5.56 Å². The topological polar surface area (TPSA) is 108 Å². The lowest BCUT2D eigenvalue weighted by Gasteiger charge is -2.34. The summed E-state index contributed by atoms with van der Waals surface area (Å²) < 4.78 is 24.1. The molecule has 2 aromatic rings. The molecule has 2 heterocycles. The van der Waals surface area contributed by atoms with Gasteiger partial charge in [0.25, 0.3) is 10.2 Å². The first kappa shape index (κ1) is 19.7. The number of nitrogens with zero attached hydrogens (tertiary/aromatic N) is 1. The Morgan fingerprint density at radius 3 is 2.60 bits per heavy atom. The molecule has 9 heteroatoms. The molecule has 0 radical (unpaired) electrons. The number of hydrogen-bond acceptors (Lipinski definition) is 4. The summed E-state index contributed by atoms with van der Waals surface area (Å²) in [6, 6.07) is 9.46. The van der Waals surface area contributed by atoms with Gasteiger partial charge in [-0.05, 0) is 31.2 Å². The van der Waals surface area contributed by atoms with Crippen LogP contribution in [0.25, 0.3) is 10.9 Å². The molecule has 0 bridgehead atoms. The van der Waals surface area contributed by atoms with Crippen molar-refractivity contribution in [1.29, 1.82) is 0 Å². The third-order valence-corrected chi connectivity index (χ3v) is 5.15. The van der Waals surface area contributed by atoms with Gasteiger partial charge in [0.05, 0.1) is 11.2 Å². The predicted molar refractivity (Wildman–Crippen MR) is 102 cm³/mol. The Morgan fingerprint density at radius 2 is 1.92 bits per heavy atom. The van der Waals surface area contributed by atoms with Gasteiger partial charge in [0, 0.05) is 31.1 Å². The molecule has 1 aromatic heterocycles. The monoisotopic (exact) mass is 386 g/mol. The Labute approximate surface area is 153 Å². The summed E-state index contributed by atoms with van der Waals surface area (Å²) in [6.07, 6.45) is 2.71. The van der Waals surface area contributed by atoms with E-state index in [1.807, 2.05) is 24.3 Å². The van der Waals surface area contributed by atoms with Gasteiger partial charge in [-0.15, -0.1) is 12.4 Å². The van der Waals surface area contributed by atoms with E-state index in [4.69, 9.17) is 5.14 Å². The second-order valence-electron chi connectivity index (χ2n) is 6.22. The zero-order valence-corrected chi connectivity index (χ0v) is 15.4. The minimum Gasteiger partial charge on any atom is -0.371 e. The van der Waals surface area contributed by atoms with Crippen molar-refractivity contribution < 1.29 is 8.42 Å². The highest BCUT2D eigenvalue weighted by Gasteiger charge is 2.21. The maximum Gasteiger partial charge on any atom is 0.274 e. The maximum atomic E-state index is 11.9. The van der Waals surface area contributed by atoms with Crippen molar-refractivity contribution in [2.45, 2.75) is 19.3 Å². The minimum atomic E-state index is -3.61. The van der Waals surface area contributed by atoms with E-state index < -0.39 is 10.2 Å². The number of aromatic nitrogens is 1. The zero-order valence-electron chi connectivity index (χ0n) is 13.8. The number of anilines is 1. The van der Waals surface area contributed by atoms with Crippen LogP contribution in [-0.4, -0.2) is 33.0 Å². The second kappa shape index (κ2) is 8.18. The van der Waals surface area contributed by atoms with Crippen LogP contribution in [0.2, 0.25) is 0 Å². The van der Waals surface area contributed by atoms with E-state index in [1.54, 1.807) is 6.07 Å². The van der Waals surface area contributed by atoms with E-state index >= 15 is 0 Å². The molecular weight excluding hydrogens is 364 g/mol. The molecule has 1 aliphatic rings. The highest BCUT2D eigenvalue weighted by molar-refractivity contribution is 7.87. The lowest BCUT2D eigenvalue weighted by Crippen LogP contribution is -2.37. The summed E-state index contributed by atoms with van der Waals surface area (Å²) in [4.78, 5) is 17.0. The molecule has 4 N–H and O–H groups in total. The summed E-state index contributed by atoms with van der Waals surface area (Å²) in [5.74, 6) is 0.462. The van der Waals surface area contributed by atoms with Crippen molar-refractivity contribution in [2.75, 3.05) is 24.5 Å². The van der Waals surface area contributed by atoms with Crippen LogP contribution in [0.1, 0.15) is 19.3 Å². The van der Waals surface area contributed by atoms with E-state index in [1.165, 1.54) is 0 Å². The molecule has 0 atom stereocenters. The summed E-state index contributed by atoms with van der Waals surface area (Å²) in [5.41, 5.74) is 1.72. The number of H-pyrrole nitrogens is 1. The normalized spacial score (nSPS) is 16.0. The van der Waals surface area contributed by atoms with E-state index in [0.717, 1.165) is 48.9 Å². The molecule has 1 aromatic carbocycles. The lowest BCUT2D eigenvalue weighted by atomic mass is 9.93. The quantitative estimate of drug-likeness (QED) is 0.720. The molecule has 0 spiro atoms. The van der Waals surface area contributed by atoms with Crippen LogP contribution in [-0.2, 0) is 10.2 Å². The number of fused-ring (bicyclic) bond motifs is 1. The molecule has 0 amide bonds. The molecule has 3 rings (SSSR count). The molecule has 1 aliphatic heterocycles.